The first-order valence-corrected chi connectivity index (χ1v) is 7.29. The molecule has 0 aromatic heterocycles. The van der Waals surface area contributed by atoms with Crippen LogP contribution in [0.1, 0.15) is 49.9 Å². The van der Waals surface area contributed by atoms with Gasteiger partial charge in [-0.3, -0.25) is 9.69 Å². The molecule has 1 aromatic carbocycles. The van der Waals surface area contributed by atoms with Gasteiger partial charge in [-0.05, 0) is 44.9 Å². The van der Waals surface area contributed by atoms with E-state index in [4.69, 9.17) is 0 Å². The lowest BCUT2D eigenvalue weighted by Gasteiger charge is -2.28. The zero-order valence-electron chi connectivity index (χ0n) is 12.0. The molecule has 1 atom stereocenters. The maximum absolute atomic E-state index is 13.7. The smallest absolute Gasteiger partial charge is 0.182 e. The minimum absolute atomic E-state index is 0.0129. The topological polar surface area (TPSA) is 20.3 Å². The van der Waals surface area contributed by atoms with Gasteiger partial charge in [0, 0.05) is 12.1 Å². The average molecular weight is 281 g/mol. The molecule has 2 rings (SSSR count). The Bertz CT molecular complexity index is 485. The van der Waals surface area contributed by atoms with Gasteiger partial charge in [0.1, 0.15) is 11.6 Å². The summed E-state index contributed by atoms with van der Waals surface area (Å²) in [6.45, 7) is 4.78. The van der Waals surface area contributed by atoms with E-state index >= 15 is 0 Å². The molecular formula is C16H21F2NO. The van der Waals surface area contributed by atoms with Gasteiger partial charge in [0.25, 0.3) is 0 Å². The Balaban J connectivity index is 2.13. The van der Waals surface area contributed by atoms with Gasteiger partial charge in [0.05, 0.1) is 11.6 Å². The first kappa shape index (κ1) is 15.1. The summed E-state index contributed by atoms with van der Waals surface area (Å²) < 4.78 is 26.6. The van der Waals surface area contributed by atoms with E-state index in [0.29, 0.717) is 6.04 Å². The van der Waals surface area contributed by atoms with Gasteiger partial charge < -0.3 is 0 Å². The molecule has 0 aliphatic heterocycles. The Morgan fingerprint density at radius 3 is 2.65 bits per heavy atom. The van der Waals surface area contributed by atoms with Crippen molar-refractivity contribution in [3.05, 3.63) is 35.4 Å². The number of carbonyl (C=O) groups is 1. The van der Waals surface area contributed by atoms with Crippen LogP contribution < -0.4 is 0 Å². The Morgan fingerprint density at radius 1 is 1.40 bits per heavy atom. The number of Topliss-reactive ketones (excluding diaryl/α,β-unsaturated/α-hetero) is 1. The number of hydrogen-bond donors (Lipinski definition) is 0. The van der Waals surface area contributed by atoms with Crippen LogP contribution in [0.5, 0.6) is 0 Å². The number of unbranched alkanes of at least 4 members (excludes halogenated alkanes) is 1. The quantitative estimate of drug-likeness (QED) is 0.708. The van der Waals surface area contributed by atoms with Crippen molar-refractivity contribution in [3.63, 3.8) is 0 Å². The Kier molecular flexibility index (Phi) is 4.86. The van der Waals surface area contributed by atoms with Crippen LogP contribution in [0.25, 0.3) is 0 Å². The molecule has 110 valence electrons. The van der Waals surface area contributed by atoms with Gasteiger partial charge in [-0.1, -0.05) is 13.3 Å². The minimum atomic E-state index is -0.770. The molecule has 0 bridgehead atoms. The normalized spacial score (nSPS) is 16.4. The molecule has 1 aromatic rings. The van der Waals surface area contributed by atoms with Crippen molar-refractivity contribution in [1.29, 1.82) is 0 Å². The monoisotopic (exact) mass is 281 g/mol. The summed E-state index contributed by atoms with van der Waals surface area (Å²) in [6, 6.07) is 3.25. The summed E-state index contributed by atoms with van der Waals surface area (Å²) in [5, 5.41) is 0. The van der Waals surface area contributed by atoms with Crippen LogP contribution in [-0.2, 0) is 0 Å². The molecular weight excluding hydrogens is 260 g/mol. The molecule has 0 spiro atoms. The molecule has 0 saturated heterocycles. The van der Waals surface area contributed by atoms with Crippen molar-refractivity contribution < 1.29 is 13.6 Å². The summed E-state index contributed by atoms with van der Waals surface area (Å²) in [5.41, 5.74) is -0.0129. The van der Waals surface area contributed by atoms with Gasteiger partial charge >= 0.3 is 0 Å². The number of carbonyl (C=O) groups excluding carboxylic acids is 1. The second-order valence-electron chi connectivity index (χ2n) is 5.49. The maximum atomic E-state index is 13.7. The lowest BCUT2D eigenvalue weighted by Crippen LogP contribution is -2.41. The van der Waals surface area contributed by atoms with E-state index in [2.05, 4.69) is 11.8 Å². The Hall–Kier alpha value is -1.29. The number of nitrogens with zero attached hydrogens (tertiary/aromatic N) is 1. The van der Waals surface area contributed by atoms with Gasteiger partial charge in [-0.15, -0.1) is 0 Å². The summed E-state index contributed by atoms with van der Waals surface area (Å²) in [5.74, 6) is -1.68. The molecule has 0 heterocycles. The number of benzene rings is 1. The summed E-state index contributed by atoms with van der Waals surface area (Å²) in [4.78, 5) is 14.6. The number of halogens is 2. The zero-order chi connectivity index (χ0) is 14.7. The predicted octanol–water partition coefficient (Wildman–Crippen LogP) is 3.80. The van der Waals surface area contributed by atoms with E-state index in [9.17, 15) is 13.6 Å². The zero-order valence-corrected chi connectivity index (χ0v) is 12.0. The minimum Gasteiger partial charge on any atom is -0.292 e. The predicted molar refractivity (Wildman–Crippen MR) is 74.8 cm³/mol. The Morgan fingerprint density at radius 2 is 2.10 bits per heavy atom. The van der Waals surface area contributed by atoms with Crippen LogP contribution in [0, 0.1) is 11.6 Å². The van der Waals surface area contributed by atoms with E-state index in [0.717, 1.165) is 44.4 Å². The van der Waals surface area contributed by atoms with Crippen molar-refractivity contribution in [3.8, 4) is 0 Å². The van der Waals surface area contributed by atoms with Gasteiger partial charge in [-0.2, -0.15) is 0 Å². The van der Waals surface area contributed by atoms with E-state index in [1.807, 2.05) is 6.92 Å². The van der Waals surface area contributed by atoms with Crippen molar-refractivity contribution in [2.75, 3.05) is 6.54 Å². The maximum Gasteiger partial charge on any atom is 0.182 e. The first-order chi connectivity index (χ1) is 9.54. The van der Waals surface area contributed by atoms with Crippen LogP contribution >= 0.6 is 0 Å². The number of ketones is 1. The van der Waals surface area contributed by atoms with E-state index < -0.39 is 11.6 Å². The number of hydrogen-bond acceptors (Lipinski definition) is 2. The number of rotatable bonds is 7. The fourth-order valence-corrected chi connectivity index (χ4v) is 2.50. The summed E-state index contributed by atoms with van der Waals surface area (Å²) in [7, 11) is 0. The van der Waals surface area contributed by atoms with Crippen LogP contribution in [0.3, 0.4) is 0 Å². The lowest BCUT2D eigenvalue weighted by molar-refractivity contribution is 0.0819. The van der Waals surface area contributed by atoms with Crippen LogP contribution in [0.15, 0.2) is 18.2 Å². The lowest BCUT2D eigenvalue weighted by atomic mass is 10.0. The first-order valence-electron chi connectivity index (χ1n) is 7.29. The van der Waals surface area contributed by atoms with Gasteiger partial charge in [0.2, 0.25) is 0 Å². The van der Waals surface area contributed by atoms with Crippen LogP contribution in [0.2, 0.25) is 0 Å². The average Bonchev–Trinajstić information content (AvgIpc) is 3.23. The van der Waals surface area contributed by atoms with Gasteiger partial charge in [0.15, 0.2) is 5.78 Å². The summed E-state index contributed by atoms with van der Waals surface area (Å²) in [6.07, 6.45) is 4.30. The van der Waals surface area contributed by atoms with E-state index in [-0.39, 0.29) is 17.4 Å². The molecule has 0 amide bonds. The third-order valence-corrected chi connectivity index (χ3v) is 3.86. The SMILES string of the molecule is CCCCN(C1CC1)C(C)C(=O)c1ccc(F)cc1F. The fourth-order valence-electron chi connectivity index (χ4n) is 2.50. The van der Waals surface area contributed by atoms with Crippen molar-refractivity contribution in [2.24, 2.45) is 0 Å². The summed E-state index contributed by atoms with van der Waals surface area (Å²) >= 11 is 0. The Labute approximate surface area is 118 Å². The van der Waals surface area contributed by atoms with Crippen molar-refractivity contribution in [1.82, 2.24) is 4.90 Å². The molecule has 1 aliphatic rings. The third kappa shape index (κ3) is 3.42. The molecule has 1 saturated carbocycles. The highest BCUT2D eigenvalue weighted by Gasteiger charge is 2.35. The fraction of sp³-hybridized carbons (Fsp3) is 0.562. The third-order valence-electron chi connectivity index (χ3n) is 3.86. The molecule has 1 fully saturated rings. The molecule has 20 heavy (non-hydrogen) atoms. The van der Waals surface area contributed by atoms with Crippen molar-refractivity contribution >= 4 is 5.78 Å². The second-order valence-corrected chi connectivity index (χ2v) is 5.49. The highest BCUT2D eigenvalue weighted by atomic mass is 19.1. The van der Waals surface area contributed by atoms with Crippen molar-refractivity contribution in [2.45, 2.75) is 51.6 Å². The molecule has 2 nitrogen and oxygen atoms in total. The highest BCUT2D eigenvalue weighted by molar-refractivity contribution is 6.00. The highest BCUT2D eigenvalue weighted by Crippen LogP contribution is 2.30. The molecule has 4 heteroatoms. The van der Waals surface area contributed by atoms with Crippen LogP contribution in [-0.4, -0.2) is 29.3 Å². The molecule has 1 unspecified atom stereocenters. The molecule has 0 radical (unpaired) electrons. The van der Waals surface area contributed by atoms with Gasteiger partial charge in [-0.25, -0.2) is 8.78 Å². The standard InChI is InChI=1S/C16H21F2NO/c1-3-4-9-19(13-6-7-13)11(2)16(20)14-8-5-12(17)10-15(14)18/h5,8,10-11,13H,3-4,6-7,9H2,1-2H3. The largest absolute Gasteiger partial charge is 0.292 e. The second kappa shape index (κ2) is 6.44. The molecule has 0 N–H and O–H groups in total. The van der Waals surface area contributed by atoms with E-state index in [1.165, 1.54) is 6.07 Å². The van der Waals surface area contributed by atoms with Crippen LogP contribution in [0.4, 0.5) is 8.78 Å². The van der Waals surface area contributed by atoms with E-state index in [1.54, 1.807) is 0 Å². The molecule has 1 aliphatic carbocycles.